The molecule has 0 aliphatic carbocycles. The first-order chi connectivity index (χ1) is 11.3. The van der Waals surface area contributed by atoms with Gasteiger partial charge < -0.3 is 10.1 Å². The third-order valence-electron chi connectivity index (χ3n) is 3.86. The standard InChI is InChI=1S/C16H22N4O2S/c21-16(17-5-2-14-3-9-23-13-14)12-19-7-8-22-15(10-19)11-20-6-1-4-18-20/h1,3-4,6,9,13,15H,2,5,7-8,10-12H2,(H,17,21)/t15-/m0/s1. The van der Waals surface area contributed by atoms with Crippen molar-refractivity contribution in [2.75, 3.05) is 32.8 Å². The number of rotatable bonds is 7. The second-order valence-corrected chi connectivity index (χ2v) is 6.47. The molecule has 7 heteroatoms. The molecule has 0 aromatic carbocycles. The van der Waals surface area contributed by atoms with Crippen LogP contribution in [0.4, 0.5) is 0 Å². The summed E-state index contributed by atoms with van der Waals surface area (Å²) < 4.78 is 7.63. The Morgan fingerprint density at radius 2 is 2.48 bits per heavy atom. The van der Waals surface area contributed by atoms with E-state index in [1.165, 1.54) is 5.56 Å². The largest absolute Gasteiger partial charge is 0.374 e. The lowest BCUT2D eigenvalue weighted by Gasteiger charge is -2.32. The summed E-state index contributed by atoms with van der Waals surface area (Å²) in [6.07, 6.45) is 4.67. The van der Waals surface area contributed by atoms with Crippen LogP contribution in [0, 0.1) is 0 Å². The molecular weight excluding hydrogens is 312 g/mol. The van der Waals surface area contributed by atoms with Crippen LogP contribution in [-0.4, -0.2) is 59.5 Å². The molecule has 0 unspecified atom stereocenters. The van der Waals surface area contributed by atoms with E-state index in [0.717, 1.165) is 26.1 Å². The quantitative estimate of drug-likeness (QED) is 0.821. The molecule has 1 aliphatic rings. The average molecular weight is 334 g/mol. The Morgan fingerprint density at radius 3 is 3.26 bits per heavy atom. The van der Waals surface area contributed by atoms with Gasteiger partial charge in [-0.15, -0.1) is 0 Å². The maximum Gasteiger partial charge on any atom is 0.234 e. The average Bonchev–Trinajstić information content (AvgIpc) is 3.21. The molecule has 0 saturated carbocycles. The first-order valence-corrected chi connectivity index (χ1v) is 8.83. The summed E-state index contributed by atoms with van der Waals surface area (Å²) in [6, 6.07) is 4.00. The first-order valence-electron chi connectivity index (χ1n) is 7.89. The highest BCUT2D eigenvalue weighted by molar-refractivity contribution is 7.07. The second kappa shape index (κ2) is 8.24. The minimum Gasteiger partial charge on any atom is -0.374 e. The summed E-state index contributed by atoms with van der Waals surface area (Å²) in [5.41, 5.74) is 1.28. The van der Waals surface area contributed by atoms with Crippen molar-refractivity contribution in [3.8, 4) is 0 Å². The minimum atomic E-state index is 0.0833. The van der Waals surface area contributed by atoms with Crippen LogP contribution in [0.15, 0.2) is 35.3 Å². The Balaban J connectivity index is 1.37. The summed E-state index contributed by atoms with van der Waals surface area (Å²) in [6.45, 7) is 4.07. The lowest BCUT2D eigenvalue weighted by molar-refractivity contribution is -0.124. The molecule has 1 fully saturated rings. The van der Waals surface area contributed by atoms with E-state index in [0.29, 0.717) is 19.7 Å². The molecule has 0 spiro atoms. The highest BCUT2D eigenvalue weighted by atomic mass is 32.1. The van der Waals surface area contributed by atoms with Gasteiger partial charge in [0.05, 0.1) is 25.8 Å². The normalized spacial score (nSPS) is 18.9. The number of nitrogens with zero attached hydrogens (tertiary/aromatic N) is 3. The molecule has 23 heavy (non-hydrogen) atoms. The first kappa shape index (κ1) is 16.2. The van der Waals surface area contributed by atoms with Crippen LogP contribution in [0.3, 0.4) is 0 Å². The molecule has 124 valence electrons. The maximum atomic E-state index is 12.1. The Kier molecular flexibility index (Phi) is 5.79. The Hall–Kier alpha value is -1.70. The van der Waals surface area contributed by atoms with Gasteiger partial charge in [0.25, 0.3) is 0 Å². The van der Waals surface area contributed by atoms with Crippen molar-refractivity contribution in [3.05, 3.63) is 40.8 Å². The van der Waals surface area contributed by atoms with E-state index in [-0.39, 0.29) is 12.0 Å². The SMILES string of the molecule is O=C(CN1CCO[C@H](Cn2cccn2)C1)NCCc1ccsc1. The van der Waals surface area contributed by atoms with Crippen molar-refractivity contribution in [2.45, 2.75) is 19.1 Å². The third kappa shape index (κ3) is 5.16. The van der Waals surface area contributed by atoms with Crippen LogP contribution in [0.25, 0.3) is 0 Å². The molecule has 0 radical (unpaired) electrons. The van der Waals surface area contributed by atoms with Crippen molar-refractivity contribution in [1.29, 1.82) is 0 Å². The van der Waals surface area contributed by atoms with Gasteiger partial charge in [0.2, 0.25) is 5.91 Å². The van der Waals surface area contributed by atoms with Gasteiger partial charge >= 0.3 is 0 Å². The van der Waals surface area contributed by atoms with Gasteiger partial charge in [-0.25, -0.2) is 0 Å². The monoisotopic (exact) mass is 334 g/mol. The fourth-order valence-corrected chi connectivity index (χ4v) is 3.39. The van der Waals surface area contributed by atoms with Crippen LogP contribution >= 0.6 is 11.3 Å². The predicted molar refractivity (Wildman–Crippen MR) is 89.4 cm³/mol. The second-order valence-electron chi connectivity index (χ2n) is 5.69. The summed E-state index contributed by atoms with van der Waals surface area (Å²) >= 11 is 1.69. The highest BCUT2D eigenvalue weighted by Crippen LogP contribution is 2.08. The minimum absolute atomic E-state index is 0.0833. The molecule has 3 rings (SSSR count). The number of hydrogen-bond acceptors (Lipinski definition) is 5. The number of aromatic nitrogens is 2. The third-order valence-corrected chi connectivity index (χ3v) is 4.59. The van der Waals surface area contributed by atoms with Crippen molar-refractivity contribution in [2.24, 2.45) is 0 Å². The van der Waals surface area contributed by atoms with E-state index in [9.17, 15) is 4.79 Å². The molecule has 1 atom stereocenters. The van der Waals surface area contributed by atoms with Crippen molar-refractivity contribution in [3.63, 3.8) is 0 Å². The Bertz CT molecular complexity index is 585. The number of nitrogens with one attached hydrogen (secondary N) is 1. The molecule has 1 N–H and O–H groups in total. The number of morpholine rings is 1. The molecule has 2 aromatic heterocycles. The highest BCUT2D eigenvalue weighted by Gasteiger charge is 2.22. The maximum absolute atomic E-state index is 12.1. The zero-order valence-corrected chi connectivity index (χ0v) is 13.9. The number of ether oxygens (including phenoxy) is 1. The fourth-order valence-electron chi connectivity index (χ4n) is 2.69. The van der Waals surface area contributed by atoms with Crippen LogP contribution < -0.4 is 5.32 Å². The smallest absolute Gasteiger partial charge is 0.234 e. The van der Waals surface area contributed by atoms with E-state index in [1.54, 1.807) is 17.5 Å². The molecule has 3 heterocycles. The molecule has 0 bridgehead atoms. The topological polar surface area (TPSA) is 59.4 Å². The van der Waals surface area contributed by atoms with E-state index in [2.05, 4.69) is 32.1 Å². The summed E-state index contributed by atoms with van der Waals surface area (Å²) in [5.74, 6) is 0.0833. The van der Waals surface area contributed by atoms with E-state index < -0.39 is 0 Å². The number of thiophene rings is 1. The van der Waals surface area contributed by atoms with Gasteiger partial charge in [0, 0.05) is 32.0 Å². The molecule has 1 saturated heterocycles. The van der Waals surface area contributed by atoms with Crippen molar-refractivity contribution >= 4 is 17.2 Å². The van der Waals surface area contributed by atoms with Crippen LogP contribution in [-0.2, 0) is 22.5 Å². The fraction of sp³-hybridized carbons (Fsp3) is 0.500. The van der Waals surface area contributed by atoms with Gasteiger partial charge in [0.15, 0.2) is 0 Å². The lowest BCUT2D eigenvalue weighted by atomic mass is 10.2. The van der Waals surface area contributed by atoms with Crippen LogP contribution in [0.1, 0.15) is 5.56 Å². The van der Waals surface area contributed by atoms with Gasteiger partial charge in [-0.05, 0) is 34.9 Å². The Morgan fingerprint density at radius 1 is 1.52 bits per heavy atom. The molecule has 1 aliphatic heterocycles. The zero-order chi connectivity index (χ0) is 15.9. The Labute approximate surface area is 140 Å². The summed E-state index contributed by atoms with van der Waals surface area (Å²) in [4.78, 5) is 14.2. The molecule has 1 amide bonds. The van der Waals surface area contributed by atoms with E-state index >= 15 is 0 Å². The van der Waals surface area contributed by atoms with Gasteiger partial charge in [-0.2, -0.15) is 16.4 Å². The summed E-state index contributed by atoms with van der Waals surface area (Å²) in [5, 5.41) is 11.4. The number of carbonyl (C=O) groups is 1. The molecular formula is C16H22N4O2S. The number of carbonyl (C=O) groups excluding carboxylic acids is 1. The van der Waals surface area contributed by atoms with E-state index in [4.69, 9.17) is 4.74 Å². The lowest BCUT2D eigenvalue weighted by Crippen LogP contribution is -2.48. The van der Waals surface area contributed by atoms with Crippen LogP contribution in [0.2, 0.25) is 0 Å². The van der Waals surface area contributed by atoms with Crippen LogP contribution in [0.5, 0.6) is 0 Å². The van der Waals surface area contributed by atoms with Crippen molar-refractivity contribution < 1.29 is 9.53 Å². The van der Waals surface area contributed by atoms with E-state index in [1.807, 2.05) is 16.9 Å². The number of amides is 1. The number of hydrogen-bond donors (Lipinski definition) is 1. The van der Waals surface area contributed by atoms with Gasteiger partial charge in [0.1, 0.15) is 0 Å². The van der Waals surface area contributed by atoms with Gasteiger partial charge in [-0.3, -0.25) is 14.4 Å². The van der Waals surface area contributed by atoms with Gasteiger partial charge in [-0.1, -0.05) is 0 Å². The predicted octanol–water partition coefficient (Wildman–Crippen LogP) is 1.00. The summed E-state index contributed by atoms with van der Waals surface area (Å²) in [7, 11) is 0. The molecule has 6 nitrogen and oxygen atoms in total. The van der Waals surface area contributed by atoms with Crippen molar-refractivity contribution in [1.82, 2.24) is 20.0 Å². The molecule has 2 aromatic rings. The zero-order valence-electron chi connectivity index (χ0n) is 13.1.